The summed E-state index contributed by atoms with van der Waals surface area (Å²) in [5, 5.41) is 3.78. The zero-order valence-electron chi connectivity index (χ0n) is 19.1. The maximum absolute atomic E-state index is 3.97. The maximum atomic E-state index is 3.97. The first kappa shape index (κ1) is 25.4. The molecule has 0 aliphatic carbocycles. The number of allylic oxidation sites excluding steroid dienone is 3. The molecule has 0 radical (unpaired) electrons. The third kappa shape index (κ3) is 9.95. The molecule has 0 aliphatic rings. The van der Waals surface area contributed by atoms with Crippen LogP contribution in [0.3, 0.4) is 0 Å². The van der Waals surface area contributed by atoms with Crippen molar-refractivity contribution in [3.63, 3.8) is 0 Å². The predicted molar refractivity (Wildman–Crippen MR) is 121 cm³/mol. The van der Waals surface area contributed by atoms with Crippen LogP contribution >= 0.6 is 0 Å². The van der Waals surface area contributed by atoms with Crippen LogP contribution in [0.1, 0.15) is 93.4 Å². The van der Waals surface area contributed by atoms with Crippen molar-refractivity contribution in [3.05, 3.63) is 24.8 Å². The molecule has 0 saturated heterocycles. The van der Waals surface area contributed by atoms with E-state index in [2.05, 4.69) is 78.6 Å². The van der Waals surface area contributed by atoms with E-state index in [1.807, 2.05) is 0 Å². The molecule has 0 heterocycles. The zero-order valence-corrected chi connectivity index (χ0v) is 19.1. The molecule has 0 aromatic carbocycles. The molecule has 1 heteroatoms. The summed E-state index contributed by atoms with van der Waals surface area (Å²) >= 11 is 0. The molecule has 154 valence electrons. The molecule has 1 N–H and O–H groups in total. The molecule has 1 nitrogen and oxygen atoms in total. The first-order valence-electron chi connectivity index (χ1n) is 11.3. The fraction of sp³-hybridized carbons (Fsp3) is 0.840. The lowest BCUT2D eigenvalue weighted by Crippen LogP contribution is -2.34. The van der Waals surface area contributed by atoms with Gasteiger partial charge in [-0.1, -0.05) is 66.2 Å². The first-order chi connectivity index (χ1) is 12.3. The van der Waals surface area contributed by atoms with Crippen LogP contribution in [0.25, 0.3) is 0 Å². The van der Waals surface area contributed by atoms with Gasteiger partial charge in [0.2, 0.25) is 0 Å². The van der Waals surface area contributed by atoms with Crippen molar-refractivity contribution < 1.29 is 0 Å². The Hall–Kier alpha value is -0.560. The Labute approximate surface area is 166 Å². The second-order valence-corrected chi connectivity index (χ2v) is 9.06. The summed E-state index contributed by atoms with van der Waals surface area (Å²) in [6, 6.07) is 0. The molecule has 0 bridgehead atoms. The summed E-state index contributed by atoms with van der Waals surface area (Å²) in [7, 11) is 0. The van der Waals surface area contributed by atoms with Gasteiger partial charge in [0.15, 0.2) is 0 Å². The van der Waals surface area contributed by atoms with Crippen LogP contribution in [-0.2, 0) is 0 Å². The van der Waals surface area contributed by atoms with Gasteiger partial charge >= 0.3 is 0 Å². The average Bonchev–Trinajstić information content (AvgIpc) is 2.60. The van der Waals surface area contributed by atoms with E-state index in [-0.39, 0.29) is 0 Å². The molecule has 0 aliphatic heterocycles. The molecule has 4 unspecified atom stereocenters. The van der Waals surface area contributed by atoms with Crippen molar-refractivity contribution in [2.75, 3.05) is 13.1 Å². The van der Waals surface area contributed by atoms with Gasteiger partial charge in [0.05, 0.1) is 0 Å². The molecule has 0 spiro atoms. The van der Waals surface area contributed by atoms with Crippen LogP contribution in [0, 0.1) is 29.1 Å². The minimum Gasteiger partial charge on any atom is -0.316 e. The van der Waals surface area contributed by atoms with Crippen molar-refractivity contribution in [1.29, 1.82) is 0 Å². The van der Waals surface area contributed by atoms with E-state index in [0.29, 0.717) is 11.3 Å². The van der Waals surface area contributed by atoms with Crippen LogP contribution in [0.2, 0.25) is 0 Å². The fourth-order valence-electron chi connectivity index (χ4n) is 4.55. The molecule has 26 heavy (non-hydrogen) atoms. The van der Waals surface area contributed by atoms with E-state index >= 15 is 0 Å². The van der Waals surface area contributed by atoms with Gasteiger partial charge in [-0.25, -0.2) is 0 Å². The average molecular weight is 364 g/mol. The van der Waals surface area contributed by atoms with E-state index in [1.54, 1.807) is 0 Å². The highest BCUT2D eigenvalue weighted by Crippen LogP contribution is 2.43. The highest BCUT2D eigenvalue weighted by Gasteiger charge is 2.34. The van der Waals surface area contributed by atoms with Crippen LogP contribution in [0.4, 0.5) is 0 Å². The lowest BCUT2D eigenvalue weighted by molar-refractivity contribution is 0.130. The van der Waals surface area contributed by atoms with Crippen molar-refractivity contribution in [2.24, 2.45) is 29.1 Å². The highest BCUT2D eigenvalue weighted by molar-refractivity contribution is 4.97. The van der Waals surface area contributed by atoms with Gasteiger partial charge in [-0.2, -0.15) is 0 Å². The van der Waals surface area contributed by atoms with E-state index in [4.69, 9.17) is 0 Å². The molecule has 0 rings (SSSR count). The van der Waals surface area contributed by atoms with Crippen molar-refractivity contribution >= 4 is 0 Å². The van der Waals surface area contributed by atoms with E-state index in [1.165, 1.54) is 51.6 Å². The molecule has 0 aromatic heterocycles. The second kappa shape index (κ2) is 14.5. The first-order valence-corrected chi connectivity index (χ1v) is 11.3. The summed E-state index contributed by atoms with van der Waals surface area (Å²) in [6.45, 7) is 22.7. The van der Waals surface area contributed by atoms with Crippen molar-refractivity contribution in [2.45, 2.75) is 93.4 Å². The fourth-order valence-corrected chi connectivity index (χ4v) is 4.55. The van der Waals surface area contributed by atoms with Gasteiger partial charge < -0.3 is 5.32 Å². The number of nitrogens with one attached hydrogen (secondary N) is 1. The summed E-state index contributed by atoms with van der Waals surface area (Å²) in [6.07, 6.45) is 15.7. The van der Waals surface area contributed by atoms with Gasteiger partial charge in [0.1, 0.15) is 0 Å². The van der Waals surface area contributed by atoms with Crippen molar-refractivity contribution in [1.82, 2.24) is 5.32 Å². The molecule has 4 atom stereocenters. The predicted octanol–water partition coefficient (Wildman–Crippen LogP) is 7.64. The Bertz CT molecular complexity index is 370. The molecular weight excluding hydrogens is 314 g/mol. The summed E-state index contributed by atoms with van der Waals surface area (Å²) in [5.41, 5.74) is 0.411. The number of hydrogen-bond acceptors (Lipinski definition) is 1. The zero-order chi connectivity index (χ0) is 20.0. The summed E-state index contributed by atoms with van der Waals surface area (Å²) < 4.78 is 0. The lowest BCUT2D eigenvalue weighted by Gasteiger charge is -2.40. The molecule has 0 aromatic rings. The van der Waals surface area contributed by atoms with Gasteiger partial charge in [-0.15, -0.1) is 6.58 Å². The number of hydrogen-bond donors (Lipinski definition) is 1. The largest absolute Gasteiger partial charge is 0.316 e. The van der Waals surface area contributed by atoms with E-state index in [9.17, 15) is 0 Å². The minimum absolute atomic E-state index is 0.411. The number of rotatable bonds is 16. The van der Waals surface area contributed by atoms with E-state index in [0.717, 1.165) is 24.2 Å². The Morgan fingerprint density at radius 2 is 1.81 bits per heavy atom. The van der Waals surface area contributed by atoms with Crippen LogP contribution in [-0.4, -0.2) is 13.1 Å². The maximum Gasteiger partial charge on any atom is -0.00204 e. The lowest BCUT2D eigenvalue weighted by atomic mass is 9.65. The standard InChI is InChI=1S/C25H49N/c1-9-13-16-25(12-4,23(8)14-10-2)19-24(11-3)20-26-17-15-22(7)18-21(5)6/h9-10,14,21-24,26H,1,11-13,15-20H2,2-8H3/b14-10-. The minimum atomic E-state index is 0.411. The normalized spacial score (nSPS) is 18.0. The smallest absolute Gasteiger partial charge is 0.00204 e. The van der Waals surface area contributed by atoms with Crippen LogP contribution in [0.15, 0.2) is 24.8 Å². The second-order valence-electron chi connectivity index (χ2n) is 9.06. The summed E-state index contributed by atoms with van der Waals surface area (Å²) in [5.74, 6) is 3.06. The molecular formula is C25H49N. The highest BCUT2D eigenvalue weighted by atomic mass is 14.9. The quantitative estimate of drug-likeness (QED) is 0.219. The summed E-state index contributed by atoms with van der Waals surface area (Å²) in [4.78, 5) is 0. The van der Waals surface area contributed by atoms with Crippen LogP contribution in [0.5, 0.6) is 0 Å². The van der Waals surface area contributed by atoms with Crippen LogP contribution < -0.4 is 5.32 Å². The SMILES string of the molecule is C=CCCC(CC)(CC(CC)CNCCC(C)CC(C)C)C(C)/C=C\C. The van der Waals surface area contributed by atoms with E-state index < -0.39 is 0 Å². The molecule has 0 amide bonds. The van der Waals surface area contributed by atoms with Gasteiger partial charge in [0.25, 0.3) is 0 Å². The monoisotopic (exact) mass is 363 g/mol. The Balaban J connectivity index is 4.69. The van der Waals surface area contributed by atoms with Gasteiger partial charge in [-0.05, 0) is 87.6 Å². The van der Waals surface area contributed by atoms with Gasteiger partial charge in [0, 0.05) is 0 Å². The third-order valence-corrected chi connectivity index (χ3v) is 6.39. The molecule has 0 fully saturated rings. The van der Waals surface area contributed by atoms with Gasteiger partial charge in [-0.3, -0.25) is 0 Å². The Morgan fingerprint density at radius 1 is 1.12 bits per heavy atom. The molecule has 0 saturated carbocycles. The van der Waals surface area contributed by atoms with Crippen molar-refractivity contribution in [3.8, 4) is 0 Å². The third-order valence-electron chi connectivity index (χ3n) is 6.39. The Kier molecular flexibility index (Phi) is 14.2. The Morgan fingerprint density at radius 3 is 2.31 bits per heavy atom. The topological polar surface area (TPSA) is 12.0 Å².